The lowest BCUT2D eigenvalue weighted by molar-refractivity contribution is 0.127. The van der Waals surface area contributed by atoms with Gasteiger partial charge in [0.1, 0.15) is 5.75 Å². The van der Waals surface area contributed by atoms with Gasteiger partial charge in [0.05, 0.1) is 7.11 Å². The van der Waals surface area contributed by atoms with Crippen LogP contribution < -0.4 is 10.5 Å². The van der Waals surface area contributed by atoms with Gasteiger partial charge in [0.25, 0.3) is 0 Å². The molecule has 2 rings (SSSR count). The van der Waals surface area contributed by atoms with Crippen molar-refractivity contribution in [1.29, 1.82) is 0 Å². The lowest BCUT2D eigenvalue weighted by Gasteiger charge is -2.37. The van der Waals surface area contributed by atoms with Crippen LogP contribution in [0.4, 0.5) is 0 Å². The number of benzene rings is 1. The summed E-state index contributed by atoms with van der Waals surface area (Å²) in [6.07, 6.45) is 4.80. The number of rotatable bonds is 6. The zero-order chi connectivity index (χ0) is 15.2. The summed E-state index contributed by atoms with van der Waals surface area (Å²) in [6.45, 7) is 6.76. The maximum atomic E-state index is 6.05. The standard InChI is InChI=1S/C18H30N2O/c1-14(2)12-20(17-9-7-16(19)8-10-17)13-15-5-4-6-18(11-15)21-3/h4-6,11,14,16-17H,7-10,12-13,19H2,1-3H3. The van der Waals surface area contributed by atoms with Gasteiger partial charge in [-0.3, -0.25) is 4.90 Å². The minimum atomic E-state index is 0.416. The van der Waals surface area contributed by atoms with E-state index in [1.165, 1.54) is 18.4 Å². The Balaban J connectivity index is 2.04. The van der Waals surface area contributed by atoms with Crippen molar-refractivity contribution in [1.82, 2.24) is 4.90 Å². The predicted molar refractivity (Wildman–Crippen MR) is 88.5 cm³/mol. The fourth-order valence-electron chi connectivity index (χ4n) is 3.28. The van der Waals surface area contributed by atoms with E-state index in [4.69, 9.17) is 10.5 Å². The number of ether oxygens (including phenoxy) is 1. The third kappa shape index (κ3) is 5.01. The second-order valence-electron chi connectivity index (χ2n) is 6.74. The van der Waals surface area contributed by atoms with Gasteiger partial charge < -0.3 is 10.5 Å². The van der Waals surface area contributed by atoms with Crippen LogP contribution in [0.2, 0.25) is 0 Å². The lowest BCUT2D eigenvalue weighted by Crippen LogP contribution is -2.42. The second-order valence-corrected chi connectivity index (χ2v) is 6.74. The predicted octanol–water partition coefficient (Wildman–Crippen LogP) is 3.42. The van der Waals surface area contributed by atoms with Crippen LogP contribution in [0.5, 0.6) is 5.75 Å². The molecule has 1 aromatic carbocycles. The Kier molecular flexibility index (Phi) is 6.07. The van der Waals surface area contributed by atoms with Crippen molar-refractivity contribution in [2.45, 2.75) is 58.2 Å². The van der Waals surface area contributed by atoms with E-state index >= 15 is 0 Å². The average Bonchev–Trinajstić information content (AvgIpc) is 2.47. The van der Waals surface area contributed by atoms with Crippen LogP contribution >= 0.6 is 0 Å². The van der Waals surface area contributed by atoms with Gasteiger partial charge in [-0.2, -0.15) is 0 Å². The van der Waals surface area contributed by atoms with Crippen LogP contribution in [0.3, 0.4) is 0 Å². The van der Waals surface area contributed by atoms with Crippen LogP contribution in [-0.2, 0) is 6.54 Å². The molecule has 0 bridgehead atoms. The first-order valence-electron chi connectivity index (χ1n) is 8.21. The van der Waals surface area contributed by atoms with Crippen molar-refractivity contribution in [2.24, 2.45) is 11.7 Å². The van der Waals surface area contributed by atoms with Crippen molar-refractivity contribution in [2.75, 3.05) is 13.7 Å². The highest BCUT2D eigenvalue weighted by atomic mass is 16.5. The molecule has 0 amide bonds. The molecule has 21 heavy (non-hydrogen) atoms. The summed E-state index contributed by atoms with van der Waals surface area (Å²) >= 11 is 0. The molecule has 0 aromatic heterocycles. The van der Waals surface area contributed by atoms with Gasteiger partial charge in [-0.25, -0.2) is 0 Å². The molecule has 0 unspecified atom stereocenters. The topological polar surface area (TPSA) is 38.5 Å². The first kappa shape index (κ1) is 16.3. The van der Waals surface area contributed by atoms with Gasteiger partial charge in [0, 0.05) is 25.2 Å². The van der Waals surface area contributed by atoms with Crippen molar-refractivity contribution in [3.63, 3.8) is 0 Å². The van der Waals surface area contributed by atoms with E-state index in [-0.39, 0.29) is 0 Å². The Morgan fingerprint density at radius 3 is 2.57 bits per heavy atom. The molecular formula is C18H30N2O. The molecule has 0 saturated heterocycles. The third-order valence-electron chi connectivity index (χ3n) is 4.38. The average molecular weight is 290 g/mol. The first-order valence-corrected chi connectivity index (χ1v) is 8.21. The van der Waals surface area contributed by atoms with Crippen LogP contribution in [0.1, 0.15) is 45.1 Å². The molecule has 2 N–H and O–H groups in total. The Labute approximate surface area is 129 Å². The Morgan fingerprint density at radius 1 is 1.24 bits per heavy atom. The normalized spacial score (nSPS) is 22.8. The van der Waals surface area contributed by atoms with Crippen molar-refractivity contribution >= 4 is 0 Å². The van der Waals surface area contributed by atoms with Crippen LogP contribution in [0.25, 0.3) is 0 Å². The summed E-state index contributed by atoms with van der Waals surface area (Å²) in [5.74, 6) is 1.63. The van der Waals surface area contributed by atoms with E-state index < -0.39 is 0 Å². The Morgan fingerprint density at radius 2 is 1.95 bits per heavy atom. The summed E-state index contributed by atoms with van der Waals surface area (Å²) in [7, 11) is 1.73. The van der Waals surface area contributed by atoms with Crippen LogP contribution in [-0.4, -0.2) is 30.6 Å². The molecule has 0 aliphatic heterocycles. The van der Waals surface area contributed by atoms with Gasteiger partial charge in [-0.1, -0.05) is 26.0 Å². The van der Waals surface area contributed by atoms with Crippen molar-refractivity contribution in [3.05, 3.63) is 29.8 Å². The lowest BCUT2D eigenvalue weighted by atomic mass is 9.90. The zero-order valence-electron chi connectivity index (χ0n) is 13.7. The molecular weight excluding hydrogens is 260 g/mol. The fourth-order valence-corrected chi connectivity index (χ4v) is 3.28. The highest BCUT2D eigenvalue weighted by Gasteiger charge is 2.24. The molecule has 1 aliphatic rings. The molecule has 0 spiro atoms. The van der Waals surface area contributed by atoms with E-state index in [9.17, 15) is 0 Å². The zero-order valence-corrected chi connectivity index (χ0v) is 13.7. The largest absolute Gasteiger partial charge is 0.497 e. The Hall–Kier alpha value is -1.06. The highest BCUT2D eigenvalue weighted by Crippen LogP contribution is 2.25. The molecule has 0 radical (unpaired) electrons. The van der Waals surface area contributed by atoms with Gasteiger partial charge in [0.2, 0.25) is 0 Å². The van der Waals surface area contributed by atoms with Gasteiger partial charge in [-0.05, 0) is 49.3 Å². The summed E-state index contributed by atoms with van der Waals surface area (Å²) in [5.41, 5.74) is 7.39. The van der Waals surface area contributed by atoms with Gasteiger partial charge in [-0.15, -0.1) is 0 Å². The van der Waals surface area contributed by atoms with E-state index in [1.54, 1.807) is 7.11 Å². The summed E-state index contributed by atoms with van der Waals surface area (Å²) in [4.78, 5) is 2.64. The smallest absolute Gasteiger partial charge is 0.119 e. The van der Waals surface area contributed by atoms with E-state index in [0.29, 0.717) is 18.0 Å². The first-order chi connectivity index (χ1) is 10.1. The molecule has 1 saturated carbocycles. The number of hydrogen-bond donors (Lipinski definition) is 1. The molecule has 1 aliphatic carbocycles. The van der Waals surface area contributed by atoms with Crippen LogP contribution in [0.15, 0.2) is 24.3 Å². The molecule has 1 fully saturated rings. The van der Waals surface area contributed by atoms with Crippen LogP contribution in [0, 0.1) is 5.92 Å². The summed E-state index contributed by atoms with van der Waals surface area (Å²) < 4.78 is 5.34. The number of nitrogens with zero attached hydrogens (tertiary/aromatic N) is 1. The maximum absolute atomic E-state index is 6.05. The van der Waals surface area contributed by atoms with Crippen molar-refractivity contribution < 1.29 is 4.74 Å². The summed E-state index contributed by atoms with van der Waals surface area (Å²) in [6, 6.07) is 9.54. The molecule has 0 heterocycles. The fraction of sp³-hybridized carbons (Fsp3) is 0.667. The summed E-state index contributed by atoms with van der Waals surface area (Å²) in [5, 5.41) is 0. The molecule has 1 aromatic rings. The van der Waals surface area contributed by atoms with Gasteiger partial charge in [0.15, 0.2) is 0 Å². The van der Waals surface area contributed by atoms with Crippen molar-refractivity contribution in [3.8, 4) is 5.75 Å². The number of hydrogen-bond acceptors (Lipinski definition) is 3. The second kappa shape index (κ2) is 7.81. The molecule has 3 heteroatoms. The Bertz CT molecular complexity index is 425. The van der Waals surface area contributed by atoms with E-state index in [2.05, 4.69) is 36.9 Å². The maximum Gasteiger partial charge on any atom is 0.119 e. The minimum absolute atomic E-state index is 0.416. The minimum Gasteiger partial charge on any atom is -0.497 e. The van der Waals surface area contributed by atoms with E-state index in [1.807, 2.05) is 6.07 Å². The monoisotopic (exact) mass is 290 g/mol. The number of nitrogens with two attached hydrogens (primary N) is 1. The van der Waals surface area contributed by atoms with Gasteiger partial charge >= 0.3 is 0 Å². The third-order valence-corrected chi connectivity index (χ3v) is 4.38. The molecule has 118 valence electrons. The van der Waals surface area contributed by atoms with E-state index in [0.717, 1.165) is 31.7 Å². The quantitative estimate of drug-likeness (QED) is 0.872. The molecule has 3 nitrogen and oxygen atoms in total. The molecule has 0 atom stereocenters. The number of methoxy groups -OCH3 is 1. The SMILES string of the molecule is COc1cccc(CN(CC(C)C)C2CCC(N)CC2)c1. The highest BCUT2D eigenvalue weighted by molar-refractivity contribution is 5.28.